The number of halogens is 1. The van der Waals surface area contributed by atoms with Gasteiger partial charge in [0.25, 0.3) is 0 Å². The summed E-state index contributed by atoms with van der Waals surface area (Å²) in [4.78, 5) is 4.12. The summed E-state index contributed by atoms with van der Waals surface area (Å²) in [6.45, 7) is 0. The third-order valence-electron chi connectivity index (χ3n) is 1.63. The van der Waals surface area contributed by atoms with Crippen molar-refractivity contribution in [3.05, 3.63) is 30.1 Å². The molecule has 0 aliphatic heterocycles. The van der Waals surface area contributed by atoms with Crippen molar-refractivity contribution >= 4 is 23.1 Å². The fourth-order valence-electron chi connectivity index (χ4n) is 0.945. The molecule has 0 N–H and O–H groups in total. The van der Waals surface area contributed by atoms with Gasteiger partial charge in [0.15, 0.2) is 0 Å². The Labute approximate surface area is 89.2 Å². The van der Waals surface area contributed by atoms with Gasteiger partial charge in [0.1, 0.15) is 0 Å². The van der Waals surface area contributed by atoms with Crippen molar-refractivity contribution in [2.45, 2.75) is 18.8 Å². The average Bonchev–Trinajstić information content (AvgIpc) is 2.71. The molecule has 3 heteroatoms. The van der Waals surface area contributed by atoms with Crippen LogP contribution >= 0.6 is 0 Å². The SMILES string of the molecule is [Cl-].[Mg+2].[c-]1cccc(C2CC2)n1. The van der Waals surface area contributed by atoms with Crippen LogP contribution in [-0.2, 0) is 0 Å². The third-order valence-corrected chi connectivity index (χ3v) is 1.63. The zero-order valence-electron chi connectivity index (χ0n) is 6.26. The molecule has 1 heterocycles. The van der Waals surface area contributed by atoms with Crippen LogP contribution in [0.5, 0.6) is 0 Å². The van der Waals surface area contributed by atoms with Crippen LogP contribution < -0.4 is 12.4 Å². The molecule has 1 aromatic heterocycles. The molecular formula is C8H8ClMgN. The van der Waals surface area contributed by atoms with Crippen LogP contribution in [0.25, 0.3) is 0 Å². The number of nitrogens with zero attached hydrogens (tertiary/aromatic N) is 1. The first-order valence-electron chi connectivity index (χ1n) is 3.30. The Morgan fingerprint density at radius 1 is 1.45 bits per heavy atom. The van der Waals surface area contributed by atoms with Gasteiger partial charge in [-0.25, -0.2) is 0 Å². The van der Waals surface area contributed by atoms with Gasteiger partial charge in [0.2, 0.25) is 0 Å². The largest absolute Gasteiger partial charge is 2.00 e. The summed E-state index contributed by atoms with van der Waals surface area (Å²) < 4.78 is 0. The van der Waals surface area contributed by atoms with E-state index in [1.165, 1.54) is 18.5 Å². The molecule has 0 atom stereocenters. The van der Waals surface area contributed by atoms with Gasteiger partial charge in [-0.05, 0) is 5.92 Å². The Balaban J connectivity index is 0.000000500. The summed E-state index contributed by atoms with van der Waals surface area (Å²) >= 11 is 0. The Morgan fingerprint density at radius 2 is 2.18 bits per heavy atom. The van der Waals surface area contributed by atoms with Crippen molar-refractivity contribution < 1.29 is 12.4 Å². The number of hydrogen-bond acceptors (Lipinski definition) is 1. The van der Waals surface area contributed by atoms with Crippen molar-refractivity contribution in [2.75, 3.05) is 0 Å². The summed E-state index contributed by atoms with van der Waals surface area (Å²) in [5.41, 5.74) is 1.22. The Bertz CT molecular complexity index is 199. The number of pyridine rings is 1. The fraction of sp³-hybridized carbons (Fsp3) is 0.375. The van der Waals surface area contributed by atoms with Crippen LogP contribution in [0.1, 0.15) is 24.5 Å². The maximum atomic E-state index is 4.12. The van der Waals surface area contributed by atoms with E-state index in [1.807, 2.05) is 12.1 Å². The topological polar surface area (TPSA) is 12.9 Å². The van der Waals surface area contributed by atoms with Crippen molar-refractivity contribution in [3.63, 3.8) is 0 Å². The molecule has 0 unspecified atom stereocenters. The van der Waals surface area contributed by atoms with Crippen LogP contribution in [0.2, 0.25) is 0 Å². The van der Waals surface area contributed by atoms with Crippen LogP contribution in [0, 0.1) is 6.20 Å². The zero-order chi connectivity index (χ0) is 6.10. The summed E-state index contributed by atoms with van der Waals surface area (Å²) in [6.07, 6.45) is 5.48. The molecule has 0 aromatic carbocycles. The standard InChI is InChI=1S/C8H8N.ClH.Mg/c1-2-6-9-8(3-1)7-4-5-7;;/h1-3,7H,4-5H2;1H;/q-1;;+2/p-1. The van der Waals surface area contributed by atoms with E-state index in [4.69, 9.17) is 0 Å². The van der Waals surface area contributed by atoms with Crippen LogP contribution in [0.15, 0.2) is 18.2 Å². The fourth-order valence-corrected chi connectivity index (χ4v) is 0.945. The predicted octanol–water partition coefficient (Wildman–Crippen LogP) is -1.62. The second-order valence-corrected chi connectivity index (χ2v) is 2.47. The number of aromatic nitrogens is 1. The Hall–Kier alpha value is 0.206. The minimum Gasteiger partial charge on any atom is -1.00 e. The van der Waals surface area contributed by atoms with E-state index >= 15 is 0 Å². The molecule has 0 radical (unpaired) electrons. The number of hydrogen-bond donors (Lipinski definition) is 0. The first-order valence-corrected chi connectivity index (χ1v) is 3.30. The monoisotopic (exact) mass is 177 g/mol. The molecule has 0 bridgehead atoms. The molecular weight excluding hydrogens is 170 g/mol. The first-order chi connectivity index (χ1) is 4.47. The van der Waals surface area contributed by atoms with Crippen LogP contribution in [0.4, 0.5) is 0 Å². The van der Waals surface area contributed by atoms with Crippen molar-refractivity contribution in [3.8, 4) is 0 Å². The maximum absolute atomic E-state index is 4.12. The summed E-state index contributed by atoms with van der Waals surface area (Å²) in [5.74, 6) is 0.766. The molecule has 0 saturated heterocycles. The van der Waals surface area contributed by atoms with E-state index in [9.17, 15) is 0 Å². The molecule has 1 fully saturated rings. The van der Waals surface area contributed by atoms with Gasteiger partial charge in [0.05, 0.1) is 0 Å². The molecule has 11 heavy (non-hydrogen) atoms. The number of rotatable bonds is 1. The van der Waals surface area contributed by atoms with E-state index in [0.29, 0.717) is 0 Å². The van der Waals surface area contributed by atoms with Crippen molar-refractivity contribution in [2.24, 2.45) is 0 Å². The zero-order valence-corrected chi connectivity index (χ0v) is 8.43. The second-order valence-electron chi connectivity index (χ2n) is 2.47. The minimum atomic E-state index is 0. The van der Waals surface area contributed by atoms with Crippen LogP contribution in [0.3, 0.4) is 0 Å². The molecule has 0 amide bonds. The summed E-state index contributed by atoms with van der Waals surface area (Å²) in [6, 6.07) is 5.92. The van der Waals surface area contributed by atoms with E-state index in [1.54, 1.807) is 0 Å². The van der Waals surface area contributed by atoms with Gasteiger partial charge in [-0.15, -0.1) is 0 Å². The predicted molar refractivity (Wildman–Crippen MR) is 40.8 cm³/mol. The quantitative estimate of drug-likeness (QED) is 0.372. The molecule has 2 rings (SSSR count). The van der Waals surface area contributed by atoms with Crippen molar-refractivity contribution in [1.29, 1.82) is 0 Å². The van der Waals surface area contributed by atoms with Gasteiger partial charge in [-0.2, -0.15) is 18.2 Å². The van der Waals surface area contributed by atoms with Gasteiger partial charge in [-0.1, -0.05) is 24.7 Å². The van der Waals surface area contributed by atoms with Crippen LogP contribution in [-0.4, -0.2) is 28.0 Å². The third kappa shape index (κ3) is 2.97. The molecule has 0 spiro atoms. The van der Waals surface area contributed by atoms with Gasteiger partial charge >= 0.3 is 23.1 Å². The Morgan fingerprint density at radius 3 is 2.64 bits per heavy atom. The summed E-state index contributed by atoms with van der Waals surface area (Å²) in [5, 5.41) is 0. The molecule has 1 aliphatic carbocycles. The molecule has 1 aromatic rings. The maximum Gasteiger partial charge on any atom is 2.00 e. The molecule has 1 aliphatic rings. The van der Waals surface area contributed by atoms with E-state index in [0.717, 1.165) is 5.92 Å². The van der Waals surface area contributed by atoms with Gasteiger partial charge in [-0.3, -0.25) is 0 Å². The first kappa shape index (κ1) is 11.2. The smallest absolute Gasteiger partial charge is 1.00 e. The van der Waals surface area contributed by atoms with Crippen molar-refractivity contribution in [1.82, 2.24) is 4.98 Å². The van der Waals surface area contributed by atoms with E-state index in [2.05, 4.69) is 17.2 Å². The molecule has 54 valence electrons. The molecule has 1 saturated carbocycles. The summed E-state index contributed by atoms with van der Waals surface area (Å²) in [7, 11) is 0. The minimum absolute atomic E-state index is 0. The Kier molecular flexibility index (Phi) is 5.05. The van der Waals surface area contributed by atoms with E-state index in [-0.39, 0.29) is 35.5 Å². The van der Waals surface area contributed by atoms with Gasteiger partial charge in [0, 0.05) is 0 Å². The molecule has 1 nitrogen and oxygen atoms in total. The van der Waals surface area contributed by atoms with Gasteiger partial charge < -0.3 is 17.4 Å². The van der Waals surface area contributed by atoms with E-state index < -0.39 is 0 Å². The second kappa shape index (κ2) is 4.96. The normalized spacial score (nSPS) is 14.5. The average molecular weight is 178 g/mol.